The van der Waals surface area contributed by atoms with E-state index in [0.29, 0.717) is 6.04 Å². The lowest BCUT2D eigenvalue weighted by Gasteiger charge is -2.41. The predicted octanol–water partition coefficient (Wildman–Crippen LogP) is 5.73. The van der Waals surface area contributed by atoms with Crippen molar-refractivity contribution in [3.8, 4) is 0 Å². The van der Waals surface area contributed by atoms with E-state index in [1.54, 1.807) is 0 Å². The number of allylic oxidation sites excluding steroid dienone is 1. The number of aliphatic imine (C=N–C) groups is 1. The standard InChI is InChI=1S/C27H31ClN6/c28-26-31-24(23-25(32-26)34(19-29-23)22-9-4-5-10-22)27(15-6-16-30-27)33-17-13-21(14-18-33)12-11-20-7-2-1-3-8-20/h1-3,6-8,15-16,19,21-22H,4-5,9-14,17-18H2. The molecular formula is C27H31ClN6. The first-order chi connectivity index (χ1) is 16.7. The maximum atomic E-state index is 6.50. The largest absolute Gasteiger partial charge is 0.312 e. The summed E-state index contributed by atoms with van der Waals surface area (Å²) in [6, 6.07) is 11.3. The van der Waals surface area contributed by atoms with Crippen molar-refractivity contribution in [1.82, 2.24) is 24.4 Å². The molecule has 0 radical (unpaired) electrons. The number of benzene rings is 1. The summed E-state index contributed by atoms with van der Waals surface area (Å²) in [4.78, 5) is 21.6. The van der Waals surface area contributed by atoms with Crippen molar-refractivity contribution in [2.75, 3.05) is 13.1 Å². The van der Waals surface area contributed by atoms with Crippen LogP contribution in [0.15, 0.2) is 53.8 Å². The molecular weight excluding hydrogens is 444 g/mol. The minimum Gasteiger partial charge on any atom is -0.312 e. The molecule has 6 nitrogen and oxygen atoms in total. The van der Waals surface area contributed by atoms with E-state index < -0.39 is 5.66 Å². The Morgan fingerprint density at radius 3 is 2.53 bits per heavy atom. The number of aromatic nitrogens is 4. The molecule has 1 saturated carbocycles. The van der Waals surface area contributed by atoms with Crippen molar-refractivity contribution in [2.45, 2.75) is 63.1 Å². The van der Waals surface area contributed by atoms with Gasteiger partial charge in [0.25, 0.3) is 0 Å². The van der Waals surface area contributed by atoms with Crippen molar-refractivity contribution in [3.05, 3.63) is 65.4 Å². The van der Waals surface area contributed by atoms with Gasteiger partial charge < -0.3 is 4.57 Å². The first-order valence-electron chi connectivity index (χ1n) is 12.7. The molecule has 0 spiro atoms. The van der Waals surface area contributed by atoms with Gasteiger partial charge in [-0.2, -0.15) is 4.98 Å². The van der Waals surface area contributed by atoms with Gasteiger partial charge in [0.2, 0.25) is 5.28 Å². The van der Waals surface area contributed by atoms with Crippen molar-refractivity contribution in [2.24, 2.45) is 10.9 Å². The Balaban J connectivity index is 1.26. The van der Waals surface area contributed by atoms with Crippen LogP contribution in [0, 0.1) is 5.92 Å². The van der Waals surface area contributed by atoms with Gasteiger partial charge in [-0.25, -0.2) is 9.97 Å². The lowest BCUT2D eigenvalue weighted by molar-refractivity contribution is 0.0845. The van der Waals surface area contributed by atoms with Gasteiger partial charge in [-0.1, -0.05) is 43.2 Å². The van der Waals surface area contributed by atoms with Crippen LogP contribution in [0.3, 0.4) is 0 Å². The molecule has 7 heteroatoms. The number of hydrogen-bond donors (Lipinski definition) is 0. The fourth-order valence-electron chi connectivity index (χ4n) is 6.03. The van der Waals surface area contributed by atoms with E-state index in [4.69, 9.17) is 26.6 Å². The summed E-state index contributed by atoms with van der Waals surface area (Å²) in [5.41, 5.74) is 3.26. The van der Waals surface area contributed by atoms with Crippen molar-refractivity contribution < 1.29 is 0 Å². The number of hydrogen-bond acceptors (Lipinski definition) is 5. The molecule has 1 atom stereocenters. The first kappa shape index (κ1) is 21.9. The van der Waals surface area contributed by atoms with Gasteiger partial charge >= 0.3 is 0 Å². The van der Waals surface area contributed by atoms with E-state index in [9.17, 15) is 0 Å². The monoisotopic (exact) mass is 474 g/mol. The number of aryl methyl sites for hydroxylation is 1. The van der Waals surface area contributed by atoms with Crippen LogP contribution in [0.5, 0.6) is 0 Å². The third-order valence-corrected chi connectivity index (χ3v) is 8.10. The van der Waals surface area contributed by atoms with Gasteiger partial charge in [-0.05, 0) is 73.8 Å². The van der Waals surface area contributed by atoms with Crippen LogP contribution in [0.4, 0.5) is 0 Å². The van der Waals surface area contributed by atoms with E-state index in [-0.39, 0.29) is 5.28 Å². The van der Waals surface area contributed by atoms with Crippen LogP contribution in [0.1, 0.15) is 62.2 Å². The third kappa shape index (κ3) is 3.97. The number of rotatable bonds is 6. The predicted molar refractivity (Wildman–Crippen MR) is 136 cm³/mol. The molecule has 176 valence electrons. The molecule has 3 aromatic rings. The Bertz CT molecular complexity index is 1190. The average molecular weight is 475 g/mol. The highest BCUT2D eigenvalue weighted by Gasteiger charge is 2.43. The number of likely N-dealkylation sites (tertiary alicyclic amines) is 1. The molecule has 1 aliphatic carbocycles. The normalized spacial score (nSPS) is 24.0. The van der Waals surface area contributed by atoms with E-state index in [2.05, 4.69) is 50.9 Å². The quantitative estimate of drug-likeness (QED) is 0.428. The highest BCUT2D eigenvalue weighted by molar-refractivity contribution is 6.28. The maximum Gasteiger partial charge on any atom is 0.224 e. The van der Waals surface area contributed by atoms with Crippen LogP contribution in [0.25, 0.3) is 11.2 Å². The summed E-state index contributed by atoms with van der Waals surface area (Å²) in [6.45, 7) is 1.96. The molecule has 34 heavy (non-hydrogen) atoms. The molecule has 2 aromatic heterocycles. The maximum absolute atomic E-state index is 6.50. The van der Waals surface area contributed by atoms with Gasteiger partial charge in [-0.15, -0.1) is 0 Å². The van der Waals surface area contributed by atoms with E-state index in [0.717, 1.165) is 55.1 Å². The number of piperidine rings is 1. The second-order valence-corrected chi connectivity index (χ2v) is 10.3. The molecule has 0 N–H and O–H groups in total. The molecule has 3 aliphatic rings. The zero-order valence-electron chi connectivity index (χ0n) is 19.5. The Kier molecular flexibility index (Phi) is 5.95. The Hall–Kier alpha value is -2.57. The molecule has 0 amide bonds. The second-order valence-electron chi connectivity index (χ2n) is 9.92. The zero-order chi connectivity index (χ0) is 23.0. The number of nitrogens with zero attached hydrogens (tertiary/aromatic N) is 6. The van der Waals surface area contributed by atoms with Crippen LogP contribution in [0.2, 0.25) is 5.28 Å². The number of fused-ring (bicyclic) bond motifs is 1. The van der Waals surface area contributed by atoms with Crippen molar-refractivity contribution in [1.29, 1.82) is 0 Å². The van der Waals surface area contributed by atoms with Crippen LogP contribution in [-0.4, -0.2) is 43.7 Å². The Morgan fingerprint density at radius 1 is 1.00 bits per heavy atom. The van der Waals surface area contributed by atoms with Gasteiger partial charge in [0.1, 0.15) is 11.2 Å². The highest BCUT2D eigenvalue weighted by Crippen LogP contribution is 2.41. The second kappa shape index (κ2) is 9.23. The van der Waals surface area contributed by atoms with E-state index in [1.165, 1.54) is 37.7 Å². The molecule has 4 heterocycles. The van der Waals surface area contributed by atoms with Gasteiger partial charge in [0.15, 0.2) is 11.3 Å². The van der Waals surface area contributed by atoms with Crippen molar-refractivity contribution >= 4 is 29.0 Å². The molecule has 1 saturated heterocycles. The van der Waals surface area contributed by atoms with E-state index >= 15 is 0 Å². The molecule has 6 rings (SSSR count). The minimum atomic E-state index is -0.649. The summed E-state index contributed by atoms with van der Waals surface area (Å²) in [5, 5.41) is 0.273. The Labute approximate surface area is 205 Å². The first-order valence-corrected chi connectivity index (χ1v) is 13.0. The minimum absolute atomic E-state index is 0.273. The molecule has 2 fully saturated rings. The lowest BCUT2D eigenvalue weighted by Crippen LogP contribution is -2.47. The van der Waals surface area contributed by atoms with Gasteiger partial charge in [-0.3, -0.25) is 9.89 Å². The Morgan fingerprint density at radius 2 is 1.79 bits per heavy atom. The number of imidazole rings is 1. The van der Waals surface area contributed by atoms with Gasteiger partial charge in [0, 0.05) is 25.3 Å². The molecule has 1 aromatic carbocycles. The summed E-state index contributed by atoms with van der Waals surface area (Å²) < 4.78 is 2.21. The summed E-state index contributed by atoms with van der Waals surface area (Å²) in [5.74, 6) is 0.735. The third-order valence-electron chi connectivity index (χ3n) is 7.93. The fraction of sp³-hybridized carbons (Fsp3) is 0.481. The zero-order valence-corrected chi connectivity index (χ0v) is 20.2. The number of halogens is 1. The topological polar surface area (TPSA) is 59.2 Å². The summed E-state index contributed by atoms with van der Waals surface area (Å²) >= 11 is 6.50. The van der Waals surface area contributed by atoms with Crippen molar-refractivity contribution in [3.63, 3.8) is 0 Å². The summed E-state index contributed by atoms with van der Waals surface area (Å²) in [7, 11) is 0. The van der Waals surface area contributed by atoms with Gasteiger partial charge in [0.05, 0.1) is 6.33 Å². The SMILES string of the molecule is Clc1nc(C2(N3CCC(CCc4ccccc4)CC3)C=CC=N2)c2ncn(C3CCCC3)c2n1. The van der Waals surface area contributed by atoms with Crippen LogP contribution in [-0.2, 0) is 12.1 Å². The van der Waals surface area contributed by atoms with E-state index in [1.807, 2.05) is 18.6 Å². The smallest absolute Gasteiger partial charge is 0.224 e. The lowest BCUT2D eigenvalue weighted by atomic mass is 9.88. The average Bonchev–Trinajstić information content (AvgIpc) is 3.64. The molecule has 0 bridgehead atoms. The van der Waals surface area contributed by atoms with Crippen LogP contribution >= 0.6 is 11.6 Å². The highest BCUT2D eigenvalue weighted by atomic mass is 35.5. The molecule has 2 aliphatic heterocycles. The fourth-order valence-corrected chi connectivity index (χ4v) is 6.19. The summed E-state index contributed by atoms with van der Waals surface area (Å²) in [6.07, 6.45) is 17.6. The molecule has 1 unspecified atom stereocenters. The van der Waals surface area contributed by atoms with Crippen LogP contribution < -0.4 is 0 Å².